The Kier molecular flexibility index (Phi) is 2.68. The van der Waals surface area contributed by atoms with Crippen LogP contribution < -0.4 is 0 Å². The van der Waals surface area contributed by atoms with Gasteiger partial charge in [0.2, 0.25) is 5.91 Å². The van der Waals surface area contributed by atoms with Gasteiger partial charge in [0.15, 0.2) is 0 Å². The van der Waals surface area contributed by atoms with Crippen molar-refractivity contribution < 1.29 is 27.9 Å². The molecule has 1 fully saturated rings. The van der Waals surface area contributed by atoms with Crippen molar-refractivity contribution in [1.29, 1.82) is 0 Å². The van der Waals surface area contributed by atoms with Crippen LogP contribution in [0.2, 0.25) is 0 Å². The molecule has 1 heterocycles. The Morgan fingerprint density at radius 1 is 1.57 bits per heavy atom. The van der Waals surface area contributed by atoms with E-state index in [0.717, 1.165) is 0 Å². The van der Waals surface area contributed by atoms with Gasteiger partial charge in [0.1, 0.15) is 6.54 Å². The zero-order valence-electron chi connectivity index (χ0n) is 7.04. The Bertz CT molecular complexity index is 263. The summed E-state index contributed by atoms with van der Waals surface area (Å²) in [5.74, 6) is -3.00. The lowest BCUT2D eigenvalue weighted by Gasteiger charge is -2.17. The average molecular weight is 211 g/mol. The summed E-state index contributed by atoms with van der Waals surface area (Å²) in [6, 6.07) is 0. The number of aliphatic carboxylic acids is 1. The topological polar surface area (TPSA) is 57.6 Å². The molecule has 0 saturated carbocycles. The molecule has 0 aliphatic carbocycles. The number of likely N-dealkylation sites (tertiary alicyclic amines) is 1. The van der Waals surface area contributed by atoms with Crippen LogP contribution in [-0.4, -0.2) is 41.1 Å². The lowest BCUT2D eigenvalue weighted by molar-refractivity contribution is -0.157. The van der Waals surface area contributed by atoms with Crippen molar-refractivity contribution in [2.24, 2.45) is 5.92 Å². The maximum atomic E-state index is 11.9. The molecule has 0 aromatic carbocycles. The number of carboxylic acid groups (broad SMARTS) is 1. The van der Waals surface area contributed by atoms with Gasteiger partial charge in [-0.2, -0.15) is 13.2 Å². The van der Waals surface area contributed by atoms with Crippen LogP contribution in [0.15, 0.2) is 0 Å². The fourth-order valence-electron chi connectivity index (χ4n) is 1.31. The highest BCUT2D eigenvalue weighted by Gasteiger charge is 2.40. The molecule has 0 radical (unpaired) electrons. The molecule has 1 aliphatic rings. The van der Waals surface area contributed by atoms with Gasteiger partial charge in [0.25, 0.3) is 0 Å². The minimum absolute atomic E-state index is 0.342. The van der Waals surface area contributed by atoms with Crippen molar-refractivity contribution in [1.82, 2.24) is 4.90 Å². The Labute approximate surface area is 77.3 Å². The van der Waals surface area contributed by atoms with E-state index in [1.807, 2.05) is 0 Å². The largest absolute Gasteiger partial charge is 0.481 e. The molecule has 0 unspecified atom stereocenters. The lowest BCUT2D eigenvalue weighted by Crippen LogP contribution is -2.35. The van der Waals surface area contributed by atoms with E-state index in [4.69, 9.17) is 5.11 Å². The van der Waals surface area contributed by atoms with Crippen LogP contribution in [0.5, 0.6) is 0 Å². The Balaban J connectivity index is 2.58. The molecule has 1 saturated heterocycles. The summed E-state index contributed by atoms with van der Waals surface area (Å²) in [6.45, 7) is -1.72. The monoisotopic (exact) mass is 211 g/mol. The minimum Gasteiger partial charge on any atom is -0.481 e. The zero-order chi connectivity index (χ0) is 10.9. The molecule has 1 aliphatic heterocycles. The van der Waals surface area contributed by atoms with Crippen molar-refractivity contribution in [3.05, 3.63) is 0 Å². The van der Waals surface area contributed by atoms with Gasteiger partial charge in [0, 0.05) is 13.0 Å². The maximum absolute atomic E-state index is 11.9. The Morgan fingerprint density at radius 2 is 2.14 bits per heavy atom. The minimum atomic E-state index is -4.47. The third-order valence-electron chi connectivity index (χ3n) is 1.93. The van der Waals surface area contributed by atoms with Gasteiger partial charge in [0.05, 0.1) is 5.92 Å². The number of alkyl halides is 3. The van der Waals surface area contributed by atoms with Gasteiger partial charge in [-0.25, -0.2) is 0 Å². The predicted octanol–water partition coefficient (Wildman–Crippen LogP) is 0.482. The van der Waals surface area contributed by atoms with Crippen molar-refractivity contribution in [2.75, 3.05) is 13.1 Å². The van der Waals surface area contributed by atoms with Gasteiger partial charge >= 0.3 is 12.1 Å². The first kappa shape index (κ1) is 10.8. The van der Waals surface area contributed by atoms with Gasteiger partial charge in [-0.3, -0.25) is 9.59 Å². The Hall–Kier alpha value is -1.27. The van der Waals surface area contributed by atoms with Crippen LogP contribution in [0, 0.1) is 5.92 Å². The summed E-state index contributed by atoms with van der Waals surface area (Å²) in [4.78, 5) is 21.9. The molecule has 80 valence electrons. The fraction of sp³-hybridized carbons (Fsp3) is 0.714. The highest BCUT2D eigenvalue weighted by Crippen LogP contribution is 2.23. The van der Waals surface area contributed by atoms with Crippen molar-refractivity contribution in [3.63, 3.8) is 0 Å². The molecule has 1 amide bonds. The third-order valence-corrected chi connectivity index (χ3v) is 1.93. The molecular weight excluding hydrogens is 203 g/mol. The molecule has 0 aromatic heterocycles. The van der Waals surface area contributed by atoms with E-state index in [-0.39, 0.29) is 13.0 Å². The van der Waals surface area contributed by atoms with Crippen LogP contribution >= 0.6 is 0 Å². The first-order valence-corrected chi connectivity index (χ1v) is 3.87. The molecule has 1 N–H and O–H groups in total. The summed E-state index contributed by atoms with van der Waals surface area (Å²) >= 11 is 0. The van der Waals surface area contributed by atoms with Gasteiger partial charge in [-0.1, -0.05) is 0 Å². The molecule has 0 spiro atoms. The number of halogens is 3. The zero-order valence-corrected chi connectivity index (χ0v) is 7.04. The molecule has 0 aromatic rings. The summed E-state index contributed by atoms with van der Waals surface area (Å²) in [5, 5.41) is 8.49. The molecule has 1 atom stereocenters. The second-order valence-electron chi connectivity index (χ2n) is 3.13. The van der Waals surface area contributed by atoms with Crippen LogP contribution in [0.3, 0.4) is 0 Å². The molecule has 0 bridgehead atoms. The van der Waals surface area contributed by atoms with E-state index >= 15 is 0 Å². The summed E-state index contributed by atoms with van der Waals surface area (Å²) in [6.07, 6.45) is -4.81. The second-order valence-corrected chi connectivity index (χ2v) is 3.13. The second kappa shape index (κ2) is 3.47. The van der Waals surface area contributed by atoms with Crippen molar-refractivity contribution in [3.8, 4) is 0 Å². The van der Waals surface area contributed by atoms with Gasteiger partial charge in [-0.05, 0) is 0 Å². The summed E-state index contributed by atoms with van der Waals surface area (Å²) in [5.41, 5.74) is 0. The van der Waals surface area contributed by atoms with E-state index in [1.54, 1.807) is 0 Å². The maximum Gasteiger partial charge on any atom is 0.406 e. The number of carbonyl (C=O) groups excluding carboxylic acids is 1. The van der Waals surface area contributed by atoms with Gasteiger partial charge < -0.3 is 10.0 Å². The highest BCUT2D eigenvalue weighted by atomic mass is 19.4. The third kappa shape index (κ3) is 2.61. The fourth-order valence-corrected chi connectivity index (χ4v) is 1.31. The molecule has 7 heteroatoms. The first-order chi connectivity index (χ1) is 6.29. The molecular formula is C7H8F3NO3. The van der Waals surface area contributed by atoms with E-state index in [0.29, 0.717) is 4.90 Å². The van der Waals surface area contributed by atoms with Crippen LogP contribution in [0.25, 0.3) is 0 Å². The average Bonchev–Trinajstić information content (AvgIpc) is 2.29. The number of amides is 1. The SMILES string of the molecule is O=C(O)[C@@H]1CC(=O)N(CC(F)(F)F)C1. The number of hydrogen-bond acceptors (Lipinski definition) is 2. The van der Waals surface area contributed by atoms with E-state index in [1.165, 1.54) is 0 Å². The first-order valence-electron chi connectivity index (χ1n) is 3.87. The van der Waals surface area contributed by atoms with E-state index in [2.05, 4.69) is 0 Å². The number of carbonyl (C=O) groups is 2. The predicted molar refractivity (Wildman–Crippen MR) is 38.4 cm³/mol. The Morgan fingerprint density at radius 3 is 2.50 bits per heavy atom. The highest BCUT2D eigenvalue weighted by molar-refractivity contribution is 5.86. The normalized spacial score (nSPS) is 22.9. The standard InChI is InChI=1S/C7H8F3NO3/c8-7(9,10)3-11-2-4(6(13)14)1-5(11)12/h4H,1-3H2,(H,13,14)/t4-/m1/s1. The van der Waals surface area contributed by atoms with E-state index < -0.39 is 30.5 Å². The lowest BCUT2D eigenvalue weighted by atomic mass is 10.1. The van der Waals surface area contributed by atoms with Crippen molar-refractivity contribution >= 4 is 11.9 Å². The molecule has 1 rings (SSSR count). The number of carboxylic acids is 1. The summed E-state index contributed by atoms with van der Waals surface area (Å²) < 4.78 is 35.6. The van der Waals surface area contributed by atoms with E-state index in [9.17, 15) is 22.8 Å². The smallest absolute Gasteiger partial charge is 0.406 e. The number of nitrogens with zero attached hydrogens (tertiary/aromatic N) is 1. The van der Waals surface area contributed by atoms with Crippen LogP contribution in [0.4, 0.5) is 13.2 Å². The van der Waals surface area contributed by atoms with Crippen LogP contribution in [-0.2, 0) is 9.59 Å². The quantitative estimate of drug-likeness (QED) is 0.722. The van der Waals surface area contributed by atoms with Crippen molar-refractivity contribution in [2.45, 2.75) is 12.6 Å². The summed E-state index contributed by atoms with van der Waals surface area (Å²) in [7, 11) is 0. The molecule has 14 heavy (non-hydrogen) atoms. The van der Waals surface area contributed by atoms with Crippen LogP contribution in [0.1, 0.15) is 6.42 Å². The number of hydrogen-bond donors (Lipinski definition) is 1. The number of rotatable bonds is 2. The van der Waals surface area contributed by atoms with Gasteiger partial charge in [-0.15, -0.1) is 0 Å². The molecule has 4 nitrogen and oxygen atoms in total.